The number of carbonyl (C=O) groups is 1. The van der Waals surface area contributed by atoms with Gasteiger partial charge in [0.15, 0.2) is 0 Å². The molecule has 0 unspecified atom stereocenters. The molecule has 1 aromatic heterocycles. The van der Waals surface area contributed by atoms with E-state index >= 15 is 0 Å². The van der Waals surface area contributed by atoms with E-state index in [0.717, 1.165) is 10.0 Å². The summed E-state index contributed by atoms with van der Waals surface area (Å²) in [6.45, 7) is 5.92. The average molecular weight is 338 g/mol. The third-order valence-electron chi connectivity index (χ3n) is 2.80. The standard InChI is InChI=1S/C15H16BrNO3/c1-15(2,3)12-11(14(18)19-4)20-13(17-12)9-5-7-10(16)8-6-9/h5-8H,1-4H3. The number of carbonyl (C=O) groups excluding carboxylic acids is 1. The van der Waals surface area contributed by atoms with E-state index in [-0.39, 0.29) is 11.2 Å². The smallest absolute Gasteiger partial charge is 0.376 e. The molecule has 1 heterocycles. The molecule has 0 N–H and O–H groups in total. The number of aromatic nitrogens is 1. The number of hydrogen-bond donors (Lipinski definition) is 0. The number of oxazole rings is 1. The number of benzene rings is 1. The van der Waals surface area contributed by atoms with E-state index in [1.807, 2.05) is 45.0 Å². The van der Waals surface area contributed by atoms with Crippen LogP contribution >= 0.6 is 15.9 Å². The summed E-state index contributed by atoms with van der Waals surface area (Å²) < 4.78 is 11.3. The van der Waals surface area contributed by atoms with E-state index in [9.17, 15) is 4.79 Å². The van der Waals surface area contributed by atoms with Gasteiger partial charge in [-0.3, -0.25) is 0 Å². The van der Waals surface area contributed by atoms with Crippen LogP contribution in [0.5, 0.6) is 0 Å². The fourth-order valence-electron chi connectivity index (χ4n) is 1.78. The van der Waals surface area contributed by atoms with Crippen LogP contribution in [0.15, 0.2) is 33.2 Å². The Bertz CT molecular complexity index is 624. The molecule has 2 rings (SSSR count). The van der Waals surface area contributed by atoms with Gasteiger partial charge in [0.2, 0.25) is 11.7 Å². The summed E-state index contributed by atoms with van der Waals surface area (Å²) in [6.07, 6.45) is 0. The monoisotopic (exact) mass is 337 g/mol. The fourth-order valence-corrected chi connectivity index (χ4v) is 2.04. The van der Waals surface area contributed by atoms with Crippen LogP contribution in [-0.4, -0.2) is 18.1 Å². The van der Waals surface area contributed by atoms with Gasteiger partial charge in [-0.25, -0.2) is 9.78 Å². The van der Waals surface area contributed by atoms with Crippen molar-refractivity contribution in [2.24, 2.45) is 0 Å². The van der Waals surface area contributed by atoms with Crippen LogP contribution in [0.4, 0.5) is 0 Å². The van der Waals surface area contributed by atoms with Gasteiger partial charge in [-0.05, 0) is 24.3 Å². The van der Waals surface area contributed by atoms with Crippen LogP contribution in [0.2, 0.25) is 0 Å². The number of hydrogen-bond acceptors (Lipinski definition) is 4. The van der Waals surface area contributed by atoms with E-state index in [1.54, 1.807) is 0 Å². The van der Waals surface area contributed by atoms with Crippen molar-refractivity contribution in [3.63, 3.8) is 0 Å². The summed E-state index contributed by atoms with van der Waals surface area (Å²) in [5, 5.41) is 0. The van der Waals surface area contributed by atoms with Crippen molar-refractivity contribution in [1.82, 2.24) is 4.98 Å². The molecule has 1 aromatic carbocycles. The lowest BCUT2D eigenvalue weighted by Gasteiger charge is -2.15. The maximum Gasteiger partial charge on any atom is 0.376 e. The quantitative estimate of drug-likeness (QED) is 0.771. The maximum atomic E-state index is 11.8. The van der Waals surface area contributed by atoms with Crippen LogP contribution in [0.3, 0.4) is 0 Å². The number of nitrogens with zero attached hydrogens (tertiary/aromatic N) is 1. The van der Waals surface area contributed by atoms with Gasteiger partial charge in [-0.15, -0.1) is 0 Å². The molecule has 0 spiro atoms. The molecule has 0 amide bonds. The van der Waals surface area contributed by atoms with E-state index in [0.29, 0.717) is 11.6 Å². The molecule has 0 atom stereocenters. The SMILES string of the molecule is COC(=O)c1oc(-c2ccc(Br)cc2)nc1C(C)(C)C. The van der Waals surface area contributed by atoms with Gasteiger partial charge >= 0.3 is 5.97 Å². The Morgan fingerprint density at radius 3 is 2.35 bits per heavy atom. The van der Waals surface area contributed by atoms with Gasteiger partial charge in [0.25, 0.3) is 0 Å². The number of rotatable bonds is 2. The number of esters is 1. The fraction of sp³-hybridized carbons (Fsp3) is 0.333. The van der Waals surface area contributed by atoms with E-state index in [1.165, 1.54) is 7.11 Å². The molecule has 0 radical (unpaired) electrons. The van der Waals surface area contributed by atoms with Gasteiger partial charge in [0.1, 0.15) is 5.69 Å². The Balaban J connectivity index is 2.54. The minimum atomic E-state index is -0.509. The summed E-state index contributed by atoms with van der Waals surface area (Å²) in [7, 11) is 1.33. The van der Waals surface area contributed by atoms with Gasteiger partial charge in [-0.1, -0.05) is 36.7 Å². The largest absolute Gasteiger partial charge is 0.463 e. The molecule has 106 valence electrons. The molecule has 4 nitrogen and oxygen atoms in total. The summed E-state index contributed by atoms with van der Waals surface area (Å²) >= 11 is 3.38. The molecule has 0 bridgehead atoms. The zero-order valence-electron chi connectivity index (χ0n) is 11.9. The van der Waals surface area contributed by atoms with E-state index in [4.69, 9.17) is 9.15 Å². The Kier molecular flexibility index (Phi) is 3.99. The molecule has 5 heteroatoms. The van der Waals surface area contributed by atoms with Crippen LogP contribution < -0.4 is 0 Å². The zero-order valence-corrected chi connectivity index (χ0v) is 13.4. The molecule has 0 saturated carbocycles. The Morgan fingerprint density at radius 2 is 1.85 bits per heavy atom. The zero-order chi connectivity index (χ0) is 14.9. The molecule has 0 saturated heterocycles. The molecule has 0 aliphatic rings. The number of halogens is 1. The second kappa shape index (κ2) is 5.40. The molecule has 0 aliphatic heterocycles. The van der Waals surface area contributed by atoms with Crippen molar-refractivity contribution < 1.29 is 13.9 Å². The van der Waals surface area contributed by atoms with E-state index in [2.05, 4.69) is 20.9 Å². The predicted octanol–water partition coefficient (Wildman–Crippen LogP) is 4.19. The van der Waals surface area contributed by atoms with Gasteiger partial charge in [0.05, 0.1) is 7.11 Å². The summed E-state index contributed by atoms with van der Waals surface area (Å²) in [5.41, 5.74) is 1.11. The Hall–Kier alpha value is -1.62. The normalized spacial score (nSPS) is 11.4. The average Bonchev–Trinajstić information content (AvgIpc) is 2.83. The van der Waals surface area contributed by atoms with Crippen molar-refractivity contribution >= 4 is 21.9 Å². The number of ether oxygens (including phenoxy) is 1. The van der Waals surface area contributed by atoms with E-state index < -0.39 is 5.97 Å². The lowest BCUT2D eigenvalue weighted by Crippen LogP contribution is -2.17. The Labute approximate surface area is 126 Å². The minimum Gasteiger partial charge on any atom is -0.463 e. The van der Waals surface area contributed by atoms with Gasteiger partial charge in [-0.2, -0.15) is 0 Å². The number of methoxy groups -OCH3 is 1. The topological polar surface area (TPSA) is 52.3 Å². The highest BCUT2D eigenvalue weighted by Gasteiger charge is 2.29. The van der Waals surface area contributed by atoms with Gasteiger partial charge in [0, 0.05) is 15.5 Å². The molecule has 2 aromatic rings. The highest BCUT2D eigenvalue weighted by atomic mass is 79.9. The van der Waals surface area contributed by atoms with Gasteiger partial charge < -0.3 is 9.15 Å². The second-order valence-electron chi connectivity index (χ2n) is 5.45. The van der Waals surface area contributed by atoms with Crippen molar-refractivity contribution in [1.29, 1.82) is 0 Å². The molecular weight excluding hydrogens is 322 g/mol. The maximum absolute atomic E-state index is 11.8. The summed E-state index contributed by atoms with van der Waals surface area (Å²) in [5.74, 6) is 0.0755. The summed E-state index contributed by atoms with van der Waals surface area (Å²) in [4.78, 5) is 16.3. The highest BCUT2D eigenvalue weighted by molar-refractivity contribution is 9.10. The van der Waals surface area contributed by atoms with Crippen LogP contribution in [0.25, 0.3) is 11.5 Å². The Morgan fingerprint density at radius 1 is 1.25 bits per heavy atom. The van der Waals surface area contributed by atoms with Crippen molar-refractivity contribution in [2.45, 2.75) is 26.2 Å². The molecule has 20 heavy (non-hydrogen) atoms. The third-order valence-corrected chi connectivity index (χ3v) is 3.33. The lowest BCUT2D eigenvalue weighted by atomic mass is 9.91. The van der Waals surface area contributed by atoms with Crippen molar-refractivity contribution in [2.75, 3.05) is 7.11 Å². The highest BCUT2D eigenvalue weighted by Crippen LogP contribution is 2.31. The first-order valence-electron chi connectivity index (χ1n) is 6.18. The summed E-state index contributed by atoms with van der Waals surface area (Å²) in [6, 6.07) is 7.55. The van der Waals surface area contributed by atoms with Crippen LogP contribution in [-0.2, 0) is 10.2 Å². The van der Waals surface area contributed by atoms with Crippen molar-refractivity contribution in [3.05, 3.63) is 40.2 Å². The third kappa shape index (κ3) is 2.93. The molecule has 0 fully saturated rings. The van der Waals surface area contributed by atoms with Crippen LogP contribution in [0.1, 0.15) is 37.0 Å². The molecular formula is C15H16BrNO3. The first kappa shape index (κ1) is 14.8. The van der Waals surface area contributed by atoms with Crippen molar-refractivity contribution in [3.8, 4) is 11.5 Å². The molecule has 0 aliphatic carbocycles. The second-order valence-corrected chi connectivity index (χ2v) is 6.36. The first-order chi connectivity index (χ1) is 9.32. The van der Waals surface area contributed by atoms with Crippen LogP contribution in [0, 0.1) is 0 Å². The predicted molar refractivity (Wildman–Crippen MR) is 79.7 cm³/mol. The minimum absolute atomic E-state index is 0.165. The lowest BCUT2D eigenvalue weighted by molar-refractivity contribution is 0.0562. The first-order valence-corrected chi connectivity index (χ1v) is 6.98.